The summed E-state index contributed by atoms with van der Waals surface area (Å²) in [5.41, 5.74) is 0.323. The van der Waals surface area contributed by atoms with Crippen LogP contribution in [-0.2, 0) is 11.2 Å². The van der Waals surface area contributed by atoms with Gasteiger partial charge in [-0.25, -0.2) is 4.39 Å². The van der Waals surface area contributed by atoms with Crippen LogP contribution in [0.2, 0.25) is 5.02 Å². The first kappa shape index (κ1) is 13.2. The third-order valence-electron chi connectivity index (χ3n) is 2.99. The largest absolute Gasteiger partial charge is 0.299 e. The molecule has 0 aliphatic carbocycles. The molecule has 0 aromatic heterocycles. The number of carbonyl (C=O) groups is 1. The molecule has 0 spiro atoms. The van der Waals surface area contributed by atoms with Gasteiger partial charge in [0, 0.05) is 11.8 Å². The van der Waals surface area contributed by atoms with E-state index in [1.54, 1.807) is 6.07 Å². The normalized spacial score (nSPS) is 11.6. The Hall–Kier alpha value is -0.890. The van der Waals surface area contributed by atoms with Gasteiger partial charge < -0.3 is 0 Å². The Morgan fingerprint density at radius 2 is 2.06 bits per heavy atom. The van der Waals surface area contributed by atoms with Gasteiger partial charge in [0.1, 0.15) is 11.6 Å². The first-order chi connectivity index (χ1) is 7.36. The highest BCUT2D eigenvalue weighted by Crippen LogP contribution is 2.24. The molecular formula is C13H16ClFO. The lowest BCUT2D eigenvalue weighted by Gasteiger charge is -2.20. The zero-order valence-electron chi connectivity index (χ0n) is 9.81. The molecule has 88 valence electrons. The number of benzene rings is 1. The Kier molecular flexibility index (Phi) is 4.09. The summed E-state index contributed by atoms with van der Waals surface area (Å²) in [4.78, 5) is 11.9. The lowest BCUT2D eigenvalue weighted by Crippen LogP contribution is -2.25. The molecule has 1 nitrogen and oxygen atoms in total. The molecule has 1 aromatic carbocycles. The lowest BCUT2D eigenvalue weighted by molar-refractivity contribution is -0.126. The quantitative estimate of drug-likeness (QED) is 0.779. The molecule has 0 bridgehead atoms. The first-order valence-electron chi connectivity index (χ1n) is 5.34. The summed E-state index contributed by atoms with van der Waals surface area (Å²) in [6.45, 7) is 5.78. The van der Waals surface area contributed by atoms with Crippen molar-refractivity contribution in [2.75, 3.05) is 0 Å². The Bertz CT molecular complexity index is 399. The third kappa shape index (κ3) is 3.05. The maximum Gasteiger partial charge on any atom is 0.142 e. The lowest BCUT2D eigenvalue weighted by atomic mass is 9.82. The molecule has 1 rings (SSSR count). The second kappa shape index (κ2) is 4.96. The minimum Gasteiger partial charge on any atom is -0.299 e. The number of rotatable bonds is 4. The van der Waals surface area contributed by atoms with E-state index < -0.39 is 5.82 Å². The van der Waals surface area contributed by atoms with Gasteiger partial charge in [0.2, 0.25) is 0 Å². The number of hydrogen-bond donors (Lipinski definition) is 0. The van der Waals surface area contributed by atoms with Gasteiger partial charge in [-0.1, -0.05) is 38.4 Å². The Balaban J connectivity index is 2.82. The van der Waals surface area contributed by atoms with Crippen LogP contribution in [0.25, 0.3) is 0 Å². The van der Waals surface area contributed by atoms with Crippen LogP contribution in [-0.4, -0.2) is 5.78 Å². The highest BCUT2D eigenvalue weighted by atomic mass is 35.5. The number of carbonyl (C=O) groups excluding carboxylic acids is 1. The van der Waals surface area contributed by atoms with Crippen LogP contribution in [0.5, 0.6) is 0 Å². The van der Waals surface area contributed by atoms with Crippen molar-refractivity contribution in [2.24, 2.45) is 5.41 Å². The van der Waals surface area contributed by atoms with E-state index in [2.05, 4.69) is 0 Å². The van der Waals surface area contributed by atoms with Crippen molar-refractivity contribution in [3.05, 3.63) is 34.6 Å². The van der Waals surface area contributed by atoms with E-state index in [-0.39, 0.29) is 22.6 Å². The fourth-order valence-corrected chi connectivity index (χ4v) is 1.39. The van der Waals surface area contributed by atoms with Gasteiger partial charge in [-0.2, -0.15) is 0 Å². The van der Waals surface area contributed by atoms with E-state index in [0.29, 0.717) is 5.56 Å². The Morgan fingerprint density at radius 3 is 2.56 bits per heavy atom. The van der Waals surface area contributed by atoms with Crippen molar-refractivity contribution in [3.8, 4) is 0 Å². The van der Waals surface area contributed by atoms with Gasteiger partial charge in [-0.3, -0.25) is 4.79 Å². The molecule has 0 aliphatic rings. The summed E-state index contributed by atoms with van der Waals surface area (Å²) < 4.78 is 13.2. The minimum absolute atomic E-state index is 0.0888. The van der Waals surface area contributed by atoms with E-state index in [1.807, 2.05) is 20.8 Å². The molecule has 0 aliphatic heterocycles. The van der Waals surface area contributed by atoms with Crippen LogP contribution in [0.4, 0.5) is 4.39 Å². The van der Waals surface area contributed by atoms with E-state index in [4.69, 9.17) is 11.6 Å². The summed E-state index contributed by atoms with van der Waals surface area (Å²) in [5.74, 6) is -0.349. The van der Waals surface area contributed by atoms with Crippen molar-refractivity contribution in [3.63, 3.8) is 0 Å². The van der Waals surface area contributed by atoms with Crippen LogP contribution < -0.4 is 0 Å². The van der Waals surface area contributed by atoms with E-state index in [1.165, 1.54) is 12.1 Å². The van der Waals surface area contributed by atoms with Crippen LogP contribution in [0.3, 0.4) is 0 Å². The van der Waals surface area contributed by atoms with Crippen LogP contribution in [0.15, 0.2) is 18.2 Å². The van der Waals surface area contributed by atoms with Gasteiger partial charge in [0.25, 0.3) is 0 Å². The fraction of sp³-hybridized carbons (Fsp3) is 0.462. The van der Waals surface area contributed by atoms with Gasteiger partial charge in [-0.15, -0.1) is 0 Å². The molecule has 0 fully saturated rings. The monoisotopic (exact) mass is 242 g/mol. The molecule has 0 atom stereocenters. The molecule has 16 heavy (non-hydrogen) atoms. The molecule has 0 amide bonds. The average Bonchev–Trinajstić information content (AvgIpc) is 2.23. The number of ketones is 1. The van der Waals surface area contributed by atoms with Gasteiger partial charge >= 0.3 is 0 Å². The van der Waals surface area contributed by atoms with Crippen LogP contribution >= 0.6 is 11.6 Å². The molecule has 0 unspecified atom stereocenters. The Morgan fingerprint density at radius 1 is 1.44 bits per heavy atom. The van der Waals surface area contributed by atoms with Gasteiger partial charge in [-0.05, 0) is 24.1 Å². The van der Waals surface area contributed by atoms with Gasteiger partial charge in [0.15, 0.2) is 0 Å². The zero-order valence-corrected chi connectivity index (χ0v) is 10.6. The van der Waals surface area contributed by atoms with E-state index in [9.17, 15) is 9.18 Å². The summed E-state index contributed by atoms with van der Waals surface area (Å²) in [6, 6.07) is 4.50. The topological polar surface area (TPSA) is 17.1 Å². The number of Topliss-reactive ketones (excluding diaryl/α,β-unsaturated/α-hetero) is 1. The van der Waals surface area contributed by atoms with Crippen molar-refractivity contribution in [1.82, 2.24) is 0 Å². The Labute approximate surface area is 101 Å². The van der Waals surface area contributed by atoms with E-state index in [0.717, 1.165) is 6.42 Å². The minimum atomic E-state index is -0.471. The summed E-state index contributed by atoms with van der Waals surface area (Å²) in [6.07, 6.45) is 1.04. The average molecular weight is 243 g/mol. The molecule has 0 radical (unpaired) electrons. The smallest absolute Gasteiger partial charge is 0.142 e. The van der Waals surface area contributed by atoms with Crippen molar-refractivity contribution < 1.29 is 9.18 Å². The number of halogens is 2. The SMILES string of the molecule is CCC(C)(C)C(=O)Cc1ccc(Cl)c(F)c1. The number of hydrogen-bond acceptors (Lipinski definition) is 1. The molecular weight excluding hydrogens is 227 g/mol. The standard InChI is InChI=1S/C13H16ClFO/c1-4-13(2,3)12(16)8-9-5-6-10(14)11(15)7-9/h5-7H,4,8H2,1-3H3. The summed E-state index contributed by atoms with van der Waals surface area (Å²) in [5, 5.41) is 0.0888. The molecule has 0 saturated heterocycles. The molecule has 0 heterocycles. The molecule has 0 saturated carbocycles. The summed E-state index contributed by atoms with van der Waals surface area (Å²) in [7, 11) is 0. The molecule has 3 heteroatoms. The maximum absolute atomic E-state index is 13.2. The predicted octanol–water partition coefficient (Wildman–Crippen LogP) is 4.03. The van der Waals surface area contributed by atoms with Crippen LogP contribution in [0, 0.1) is 11.2 Å². The van der Waals surface area contributed by atoms with Crippen LogP contribution in [0.1, 0.15) is 32.8 Å². The zero-order chi connectivity index (χ0) is 12.3. The van der Waals surface area contributed by atoms with Crippen molar-refractivity contribution in [2.45, 2.75) is 33.6 Å². The molecule has 0 N–H and O–H groups in total. The highest BCUT2D eigenvalue weighted by molar-refractivity contribution is 6.30. The maximum atomic E-state index is 13.2. The second-order valence-corrected chi connectivity index (χ2v) is 4.99. The van der Waals surface area contributed by atoms with Gasteiger partial charge in [0.05, 0.1) is 5.02 Å². The highest BCUT2D eigenvalue weighted by Gasteiger charge is 2.25. The van der Waals surface area contributed by atoms with Crippen molar-refractivity contribution >= 4 is 17.4 Å². The third-order valence-corrected chi connectivity index (χ3v) is 3.29. The predicted molar refractivity (Wildman–Crippen MR) is 64.2 cm³/mol. The second-order valence-electron chi connectivity index (χ2n) is 4.59. The van der Waals surface area contributed by atoms with E-state index >= 15 is 0 Å². The van der Waals surface area contributed by atoms with Crippen molar-refractivity contribution in [1.29, 1.82) is 0 Å². The first-order valence-corrected chi connectivity index (χ1v) is 5.72. The molecule has 1 aromatic rings. The fourth-order valence-electron chi connectivity index (χ4n) is 1.27. The summed E-state index contributed by atoms with van der Waals surface area (Å²) >= 11 is 5.57.